The summed E-state index contributed by atoms with van der Waals surface area (Å²) >= 11 is 0. The van der Waals surface area contributed by atoms with E-state index in [-0.39, 0.29) is 41.8 Å². The van der Waals surface area contributed by atoms with Gasteiger partial charge in [0, 0.05) is 40.3 Å². The Morgan fingerprint density at radius 3 is 2.45 bits per heavy atom. The Labute approximate surface area is 194 Å². The first-order chi connectivity index (χ1) is 13.4. The lowest BCUT2D eigenvalue weighted by molar-refractivity contribution is -0.127. The summed E-state index contributed by atoms with van der Waals surface area (Å²) in [4.78, 5) is 20.5. The van der Waals surface area contributed by atoms with Gasteiger partial charge in [-0.05, 0) is 37.1 Å². The summed E-state index contributed by atoms with van der Waals surface area (Å²) < 4.78 is 5.40. The predicted molar refractivity (Wildman–Crippen MR) is 130 cm³/mol. The van der Waals surface area contributed by atoms with Crippen LogP contribution in [0, 0.1) is 11.3 Å². The fourth-order valence-electron chi connectivity index (χ4n) is 3.96. The van der Waals surface area contributed by atoms with Gasteiger partial charge in [-0.3, -0.25) is 9.69 Å². The molecule has 2 N–H and O–H groups in total. The van der Waals surface area contributed by atoms with Crippen LogP contribution in [0.4, 0.5) is 0 Å². The Hall–Kier alpha value is -0.610. The first-order valence-electron chi connectivity index (χ1n) is 10.9. The van der Waals surface area contributed by atoms with Crippen LogP contribution in [-0.4, -0.2) is 88.2 Å². The van der Waals surface area contributed by atoms with E-state index in [0.717, 1.165) is 64.2 Å². The van der Waals surface area contributed by atoms with Crippen LogP contribution >= 0.6 is 24.0 Å². The van der Waals surface area contributed by atoms with Crippen molar-refractivity contribution in [3.8, 4) is 0 Å². The molecule has 0 bridgehead atoms. The Balaban J connectivity index is 0.00000420. The van der Waals surface area contributed by atoms with Crippen molar-refractivity contribution in [3.05, 3.63) is 0 Å². The van der Waals surface area contributed by atoms with Crippen molar-refractivity contribution in [2.75, 3.05) is 66.6 Å². The van der Waals surface area contributed by atoms with E-state index in [9.17, 15) is 4.79 Å². The highest BCUT2D eigenvalue weighted by Gasteiger charge is 2.31. The van der Waals surface area contributed by atoms with Crippen molar-refractivity contribution in [1.82, 2.24) is 20.4 Å². The summed E-state index contributed by atoms with van der Waals surface area (Å²) in [7, 11) is 3.54. The van der Waals surface area contributed by atoms with Crippen molar-refractivity contribution < 1.29 is 9.53 Å². The zero-order valence-corrected chi connectivity index (χ0v) is 21.2. The van der Waals surface area contributed by atoms with Crippen molar-refractivity contribution in [3.63, 3.8) is 0 Å². The second kappa shape index (κ2) is 13.6. The molecule has 0 aromatic heterocycles. The maximum Gasteiger partial charge on any atom is 0.243 e. The summed E-state index contributed by atoms with van der Waals surface area (Å²) in [6, 6.07) is 0. The van der Waals surface area contributed by atoms with E-state index in [0.29, 0.717) is 0 Å². The van der Waals surface area contributed by atoms with Crippen LogP contribution in [0.25, 0.3) is 0 Å². The van der Waals surface area contributed by atoms with Gasteiger partial charge in [-0.2, -0.15) is 0 Å². The maximum atomic E-state index is 11.9. The molecule has 2 rings (SSSR count). The minimum atomic E-state index is 0. The molecule has 8 heteroatoms. The van der Waals surface area contributed by atoms with Gasteiger partial charge >= 0.3 is 0 Å². The Bertz CT molecular complexity index is 501. The number of ether oxygens (including phenoxy) is 1. The van der Waals surface area contributed by atoms with Gasteiger partial charge in [0.05, 0.1) is 13.2 Å². The third-order valence-electron chi connectivity index (χ3n) is 6.09. The molecular weight excluding hydrogens is 481 g/mol. The molecule has 0 atom stereocenters. The summed E-state index contributed by atoms with van der Waals surface area (Å²) in [6.45, 7) is 11.4. The molecule has 0 radical (unpaired) electrons. The SMILES string of the molecule is CN(C)C(=O)CN=C(NCCCN1CCOCC1)NCC(C)(C)C1CCCC1.I. The third kappa shape index (κ3) is 9.83. The molecule has 1 aliphatic heterocycles. The second-order valence-electron chi connectivity index (χ2n) is 9.01. The van der Waals surface area contributed by atoms with E-state index in [1.807, 2.05) is 0 Å². The van der Waals surface area contributed by atoms with Crippen molar-refractivity contribution in [2.45, 2.75) is 46.0 Å². The van der Waals surface area contributed by atoms with E-state index in [2.05, 4.69) is 34.4 Å². The minimum absolute atomic E-state index is 0. The largest absolute Gasteiger partial charge is 0.379 e. The molecule has 1 aliphatic carbocycles. The molecule has 0 spiro atoms. The summed E-state index contributed by atoms with van der Waals surface area (Å²) in [5, 5.41) is 6.93. The number of aliphatic imine (C=N–C) groups is 1. The number of guanidine groups is 1. The summed E-state index contributed by atoms with van der Waals surface area (Å²) in [6.07, 6.45) is 6.41. The van der Waals surface area contributed by atoms with Gasteiger partial charge < -0.3 is 20.3 Å². The van der Waals surface area contributed by atoms with Crippen LogP contribution < -0.4 is 10.6 Å². The van der Waals surface area contributed by atoms with Gasteiger partial charge in [-0.1, -0.05) is 26.7 Å². The molecule has 1 saturated carbocycles. The lowest BCUT2D eigenvalue weighted by atomic mass is 9.78. The fraction of sp³-hybridized carbons (Fsp3) is 0.905. The first-order valence-corrected chi connectivity index (χ1v) is 10.9. The average molecular weight is 524 g/mol. The Morgan fingerprint density at radius 2 is 1.83 bits per heavy atom. The number of nitrogens with one attached hydrogen (secondary N) is 2. The topological polar surface area (TPSA) is 69.2 Å². The van der Waals surface area contributed by atoms with Crippen LogP contribution in [0.1, 0.15) is 46.0 Å². The molecule has 0 aromatic rings. The smallest absolute Gasteiger partial charge is 0.243 e. The average Bonchev–Trinajstić information content (AvgIpc) is 3.23. The van der Waals surface area contributed by atoms with Crippen LogP contribution in [-0.2, 0) is 9.53 Å². The molecule has 2 aliphatic rings. The minimum Gasteiger partial charge on any atom is -0.379 e. The molecule has 0 unspecified atom stereocenters. The number of halogens is 1. The van der Waals surface area contributed by atoms with Crippen molar-refractivity contribution >= 4 is 35.8 Å². The van der Waals surface area contributed by atoms with E-state index in [1.165, 1.54) is 25.7 Å². The third-order valence-corrected chi connectivity index (χ3v) is 6.09. The van der Waals surface area contributed by atoms with E-state index in [4.69, 9.17) is 4.74 Å². The molecule has 2 fully saturated rings. The molecule has 0 aromatic carbocycles. The van der Waals surface area contributed by atoms with Gasteiger partial charge in [0.2, 0.25) is 5.91 Å². The fourth-order valence-corrected chi connectivity index (χ4v) is 3.96. The number of morpholine rings is 1. The van der Waals surface area contributed by atoms with Crippen LogP contribution in [0.5, 0.6) is 0 Å². The van der Waals surface area contributed by atoms with Gasteiger partial charge in [-0.15, -0.1) is 24.0 Å². The van der Waals surface area contributed by atoms with Crippen molar-refractivity contribution in [2.24, 2.45) is 16.3 Å². The van der Waals surface area contributed by atoms with Gasteiger partial charge in [0.15, 0.2) is 5.96 Å². The number of likely N-dealkylation sites (N-methyl/N-ethyl adjacent to an activating group) is 1. The monoisotopic (exact) mass is 523 g/mol. The highest BCUT2D eigenvalue weighted by atomic mass is 127. The maximum absolute atomic E-state index is 11.9. The quantitative estimate of drug-likeness (QED) is 0.210. The molecule has 7 nitrogen and oxygen atoms in total. The molecule has 1 amide bonds. The standard InChI is InChI=1S/C21H41N5O2.HI/c1-21(2,18-8-5-6-9-18)17-24-20(23-16-19(27)25(3)4)22-10-7-11-26-12-14-28-15-13-26;/h18H,5-17H2,1-4H3,(H2,22,23,24);1H. The van der Waals surface area contributed by atoms with Crippen LogP contribution in [0.15, 0.2) is 4.99 Å². The zero-order chi connectivity index (χ0) is 20.4. The van der Waals surface area contributed by atoms with E-state index >= 15 is 0 Å². The van der Waals surface area contributed by atoms with Crippen LogP contribution in [0.2, 0.25) is 0 Å². The first kappa shape index (κ1) is 26.4. The molecule has 1 heterocycles. The number of hydrogen-bond acceptors (Lipinski definition) is 4. The number of carbonyl (C=O) groups excluding carboxylic acids is 1. The predicted octanol–water partition coefficient (Wildman–Crippen LogP) is 2.17. The number of carbonyl (C=O) groups is 1. The van der Waals surface area contributed by atoms with Crippen molar-refractivity contribution in [1.29, 1.82) is 0 Å². The Morgan fingerprint density at radius 1 is 1.17 bits per heavy atom. The van der Waals surface area contributed by atoms with E-state index < -0.39 is 0 Å². The lowest BCUT2D eigenvalue weighted by Crippen LogP contribution is -2.45. The number of rotatable bonds is 9. The molecule has 1 saturated heterocycles. The molecular formula is C21H42IN5O2. The highest BCUT2D eigenvalue weighted by Crippen LogP contribution is 2.38. The summed E-state index contributed by atoms with van der Waals surface area (Å²) in [5.74, 6) is 1.54. The number of nitrogens with zero attached hydrogens (tertiary/aromatic N) is 3. The lowest BCUT2D eigenvalue weighted by Gasteiger charge is -2.32. The van der Waals surface area contributed by atoms with Gasteiger partial charge in [-0.25, -0.2) is 4.99 Å². The number of amides is 1. The van der Waals surface area contributed by atoms with Gasteiger partial charge in [0.25, 0.3) is 0 Å². The Kier molecular flexibility index (Phi) is 12.4. The second-order valence-corrected chi connectivity index (χ2v) is 9.01. The normalized spacial score (nSPS) is 19.0. The van der Waals surface area contributed by atoms with Crippen LogP contribution in [0.3, 0.4) is 0 Å². The highest BCUT2D eigenvalue weighted by molar-refractivity contribution is 14.0. The van der Waals surface area contributed by atoms with E-state index in [1.54, 1.807) is 19.0 Å². The summed E-state index contributed by atoms with van der Waals surface area (Å²) in [5.41, 5.74) is 0.234. The molecule has 29 heavy (non-hydrogen) atoms. The molecule has 170 valence electrons. The number of hydrogen-bond donors (Lipinski definition) is 2. The van der Waals surface area contributed by atoms with Gasteiger partial charge in [0.1, 0.15) is 6.54 Å². The zero-order valence-electron chi connectivity index (χ0n) is 18.8.